The molecule has 0 radical (unpaired) electrons. The van der Waals surface area contributed by atoms with Crippen LogP contribution < -0.4 is 15.0 Å². The van der Waals surface area contributed by atoms with E-state index in [1.54, 1.807) is 42.7 Å². The fourth-order valence-electron chi connectivity index (χ4n) is 3.76. The van der Waals surface area contributed by atoms with Crippen molar-refractivity contribution in [3.05, 3.63) is 59.8 Å². The predicted octanol–water partition coefficient (Wildman–Crippen LogP) is 2.32. The third-order valence-electron chi connectivity index (χ3n) is 5.58. The average molecular weight is 456 g/mol. The Hall–Kier alpha value is -3.17. The van der Waals surface area contributed by atoms with Crippen LogP contribution in [0.3, 0.4) is 0 Å². The summed E-state index contributed by atoms with van der Waals surface area (Å²) in [5.41, 5.74) is 0.907. The number of hydrogen-bond acceptors (Lipinski definition) is 7. The van der Waals surface area contributed by atoms with Gasteiger partial charge in [0.1, 0.15) is 23.9 Å². The summed E-state index contributed by atoms with van der Waals surface area (Å²) in [7, 11) is 3.59. The molecule has 1 aliphatic rings. The molecule has 0 aliphatic carbocycles. The number of piperazine rings is 1. The highest BCUT2D eigenvalue weighted by molar-refractivity contribution is 6.32. The van der Waals surface area contributed by atoms with E-state index >= 15 is 0 Å². The lowest BCUT2D eigenvalue weighted by Gasteiger charge is -2.40. The second-order valence-electron chi connectivity index (χ2n) is 7.78. The van der Waals surface area contributed by atoms with E-state index in [-0.39, 0.29) is 11.9 Å². The molecule has 0 spiro atoms. The summed E-state index contributed by atoms with van der Waals surface area (Å²) in [5, 5.41) is 3.64. The average Bonchev–Trinajstić information content (AvgIpc) is 3.34. The maximum Gasteiger partial charge on any atom is 0.244 e. The van der Waals surface area contributed by atoms with Gasteiger partial charge in [-0.15, -0.1) is 0 Å². The van der Waals surface area contributed by atoms with E-state index in [0.717, 1.165) is 12.1 Å². The van der Waals surface area contributed by atoms with Crippen molar-refractivity contribution in [2.45, 2.75) is 19.0 Å². The number of carbonyl (C=O) groups is 1. The number of aromatic nitrogens is 4. The Morgan fingerprint density at radius 3 is 2.84 bits per heavy atom. The summed E-state index contributed by atoms with van der Waals surface area (Å²) in [6.45, 7) is 4.04. The second-order valence-corrected chi connectivity index (χ2v) is 8.19. The summed E-state index contributed by atoms with van der Waals surface area (Å²) in [6, 6.07) is 6.75. The van der Waals surface area contributed by atoms with Gasteiger partial charge in [0.2, 0.25) is 11.9 Å². The number of anilines is 1. The van der Waals surface area contributed by atoms with Gasteiger partial charge in [-0.05, 0) is 37.7 Å². The standard InChI is InChI=1S/C22H26ClN7O2/c1-15(16-4-5-19(32-3)17(23)12-16)26-21(31)18-13-28(2)10-11-30(18)20-6-7-25-22(27-20)29-9-8-24-14-29/h4-9,12,14-15,18H,10-11,13H2,1-3H3,(H,26,31). The monoisotopic (exact) mass is 455 g/mol. The van der Waals surface area contributed by atoms with Crippen LogP contribution in [0, 0.1) is 0 Å². The Kier molecular flexibility index (Phi) is 6.57. The number of methoxy groups -OCH3 is 1. The maximum atomic E-state index is 13.3. The van der Waals surface area contributed by atoms with Crippen LogP contribution in [0.15, 0.2) is 49.2 Å². The molecule has 0 bridgehead atoms. The van der Waals surface area contributed by atoms with Gasteiger partial charge in [-0.3, -0.25) is 9.36 Å². The highest BCUT2D eigenvalue weighted by Gasteiger charge is 2.33. The Morgan fingerprint density at radius 2 is 2.12 bits per heavy atom. The molecule has 2 aromatic heterocycles. The number of carbonyl (C=O) groups excluding carboxylic acids is 1. The number of nitrogens with one attached hydrogen (secondary N) is 1. The van der Waals surface area contributed by atoms with Crippen LogP contribution in [0.1, 0.15) is 18.5 Å². The van der Waals surface area contributed by atoms with Gasteiger partial charge in [0.15, 0.2) is 0 Å². The SMILES string of the molecule is COc1ccc(C(C)NC(=O)C2CN(C)CCN2c2ccnc(-n3ccnc3)n2)cc1Cl. The maximum absolute atomic E-state index is 13.3. The fourth-order valence-corrected chi connectivity index (χ4v) is 4.03. The van der Waals surface area contributed by atoms with Gasteiger partial charge >= 0.3 is 0 Å². The van der Waals surface area contributed by atoms with Crippen LogP contribution in [-0.2, 0) is 4.79 Å². The Labute approximate surface area is 192 Å². The van der Waals surface area contributed by atoms with Gasteiger partial charge in [0, 0.05) is 38.2 Å². The number of nitrogens with zero attached hydrogens (tertiary/aromatic N) is 6. The third-order valence-corrected chi connectivity index (χ3v) is 5.87. The Balaban J connectivity index is 1.54. The highest BCUT2D eigenvalue weighted by Crippen LogP contribution is 2.28. The lowest BCUT2D eigenvalue weighted by molar-refractivity contribution is -0.123. The summed E-state index contributed by atoms with van der Waals surface area (Å²) in [4.78, 5) is 30.6. The third kappa shape index (κ3) is 4.68. The molecule has 1 saturated heterocycles. The first-order valence-electron chi connectivity index (χ1n) is 10.4. The van der Waals surface area contributed by atoms with Gasteiger partial charge < -0.3 is 19.9 Å². The van der Waals surface area contributed by atoms with Gasteiger partial charge in [0.25, 0.3) is 0 Å². The van der Waals surface area contributed by atoms with E-state index in [1.165, 1.54) is 0 Å². The van der Waals surface area contributed by atoms with Crippen molar-refractivity contribution < 1.29 is 9.53 Å². The molecular formula is C22H26ClN7O2. The number of hydrogen-bond donors (Lipinski definition) is 1. The van der Waals surface area contributed by atoms with E-state index in [9.17, 15) is 4.79 Å². The summed E-state index contributed by atoms with van der Waals surface area (Å²) < 4.78 is 6.96. The molecule has 2 atom stereocenters. The van der Waals surface area contributed by atoms with Crippen LogP contribution in [-0.4, -0.2) is 70.2 Å². The molecule has 32 heavy (non-hydrogen) atoms. The minimum atomic E-state index is -0.393. The quantitative estimate of drug-likeness (QED) is 0.610. The molecule has 1 aromatic carbocycles. The predicted molar refractivity (Wildman–Crippen MR) is 122 cm³/mol. The van der Waals surface area contributed by atoms with Crippen molar-refractivity contribution in [2.75, 3.05) is 38.7 Å². The summed E-state index contributed by atoms with van der Waals surface area (Å²) in [6.07, 6.45) is 6.81. The van der Waals surface area contributed by atoms with Gasteiger partial charge in [-0.25, -0.2) is 9.97 Å². The van der Waals surface area contributed by atoms with Gasteiger partial charge in [-0.2, -0.15) is 4.98 Å². The molecule has 1 aliphatic heterocycles. The lowest BCUT2D eigenvalue weighted by Crippen LogP contribution is -2.58. The lowest BCUT2D eigenvalue weighted by atomic mass is 10.1. The largest absolute Gasteiger partial charge is 0.495 e. The highest BCUT2D eigenvalue weighted by atomic mass is 35.5. The number of halogens is 1. The van der Waals surface area contributed by atoms with Crippen molar-refractivity contribution in [2.24, 2.45) is 0 Å². The first kappa shape index (κ1) is 22.0. The molecular weight excluding hydrogens is 430 g/mol. The van der Waals surface area contributed by atoms with E-state index < -0.39 is 6.04 Å². The van der Waals surface area contributed by atoms with Crippen molar-refractivity contribution >= 4 is 23.3 Å². The number of benzene rings is 1. The number of likely N-dealkylation sites (N-methyl/N-ethyl adjacent to an activating group) is 1. The molecule has 1 N–H and O–H groups in total. The van der Waals surface area contributed by atoms with Crippen LogP contribution in [0.2, 0.25) is 5.02 Å². The molecule has 3 heterocycles. The molecule has 4 rings (SSSR count). The normalized spacial score (nSPS) is 17.8. The van der Waals surface area contributed by atoms with Crippen molar-refractivity contribution in [1.29, 1.82) is 0 Å². The van der Waals surface area contributed by atoms with Gasteiger partial charge in [-0.1, -0.05) is 17.7 Å². The van der Waals surface area contributed by atoms with Crippen LogP contribution >= 0.6 is 11.6 Å². The smallest absolute Gasteiger partial charge is 0.244 e. The van der Waals surface area contributed by atoms with Gasteiger partial charge in [0.05, 0.1) is 18.2 Å². The molecule has 168 valence electrons. The van der Waals surface area contributed by atoms with E-state index in [4.69, 9.17) is 16.3 Å². The zero-order chi connectivity index (χ0) is 22.7. The Morgan fingerprint density at radius 1 is 1.28 bits per heavy atom. The first-order chi connectivity index (χ1) is 15.5. The molecule has 10 heteroatoms. The van der Waals surface area contributed by atoms with E-state index in [0.29, 0.717) is 35.6 Å². The minimum Gasteiger partial charge on any atom is -0.495 e. The van der Waals surface area contributed by atoms with Crippen molar-refractivity contribution in [3.63, 3.8) is 0 Å². The van der Waals surface area contributed by atoms with Crippen LogP contribution in [0.25, 0.3) is 5.95 Å². The number of ether oxygens (including phenoxy) is 1. The number of rotatable bonds is 6. The molecule has 1 amide bonds. The molecule has 2 unspecified atom stereocenters. The van der Waals surface area contributed by atoms with Crippen molar-refractivity contribution in [3.8, 4) is 11.7 Å². The first-order valence-corrected chi connectivity index (χ1v) is 10.7. The molecule has 3 aromatic rings. The fraction of sp³-hybridized carbons (Fsp3) is 0.364. The molecule has 9 nitrogen and oxygen atoms in total. The number of imidazole rings is 1. The summed E-state index contributed by atoms with van der Waals surface area (Å²) >= 11 is 6.27. The van der Waals surface area contributed by atoms with Crippen LogP contribution in [0.4, 0.5) is 5.82 Å². The number of amides is 1. The van der Waals surface area contributed by atoms with E-state index in [1.807, 2.05) is 37.1 Å². The molecule has 0 saturated carbocycles. The van der Waals surface area contributed by atoms with E-state index in [2.05, 4.69) is 25.2 Å². The summed E-state index contributed by atoms with van der Waals surface area (Å²) in [5.74, 6) is 1.75. The Bertz CT molecular complexity index is 1080. The zero-order valence-corrected chi connectivity index (χ0v) is 19.0. The molecule has 1 fully saturated rings. The minimum absolute atomic E-state index is 0.0706. The van der Waals surface area contributed by atoms with Crippen molar-refractivity contribution in [1.82, 2.24) is 29.7 Å². The topological polar surface area (TPSA) is 88.4 Å². The zero-order valence-electron chi connectivity index (χ0n) is 18.3. The second kappa shape index (κ2) is 9.54. The van der Waals surface area contributed by atoms with Crippen LogP contribution in [0.5, 0.6) is 5.75 Å².